The predicted octanol–water partition coefficient (Wildman–Crippen LogP) is 4.07. The summed E-state index contributed by atoms with van der Waals surface area (Å²) in [6, 6.07) is 10.3. The van der Waals surface area contributed by atoms with E-state index in [2.05, 4.69) is 56.9 Å². The molecule has 1 fully saturated rings. The molecule has 0 bridgehead atoms. The highest BCUT2D eigenvalue weighted by molar-refractivity contribution is 5.26. The average molecular weight is 274 g/mol. The molecule has 1 heterocycles. The van der Waals surface area contributed by atoms with E-state index in [1.165, 1.54) is 30.4 Å². The van der Waals surface area contributed by atoms with Gasteiger partial charge >= 0.3 is 0 Å². The molecule has 2 N–H and O–H groups in total. The molecule has 2 heteroatoms. The molecule has 0 aromatic heterocycles. The Hall–Kier alpha value is -0.860. The molecule has 112 valence electrons. The third-order valence-electron chi connectivity index (χ3n) is 4.81. The minimum atomic E-state index is 0.124. The summed E-state index contributed by atoms with van der Waals surface area (Å²) < 4.78 is 0. The van der Waals surface area contributed by atoms with Crippen LogP contribution in [0.5, 0.6) is 0 Å². The van der Waals surface area contributed by atoms with Crippen molar-refractivity contribution in [3.05, 3.63) is 35.4 Å². The molecule has 0 saturated carbocycles. The first-order valence-electron chi connectivity index (χ1n) is 8.10. The van der Waals surface area contributed by atoms with Crippen molar-refractivity contribution in [1.29, 1.82) is 0 Å². The van der Waals surface area contributed by atoms with Crippen LogP contribution in [0.1, 0.15) is 70.0 Å². The second-order valence-electron chi connectivity index (χ2n) is 6.75. The van der Waals surface area contributed by atoms with E-state index < -0.39 is 0 Å². The summed E-state index contributed by atoms with van der Waals surface area (Å²) >= 11 is 0. The summed E-state index contributed by atoms with van der Waals surface area (Å²) in [5.74, 6) is 0.586. The Bertz CT molecular complexity index is 400. The normalized spacial score (nSPS) is 25.9. The third kappa shape index (κ3) is 3.62. The highest BCUT2D eigenvalue weighted by atomic mass is 15.2. The Morgan fingerprint density at radius 2 is 1.55 bits per heavy atom. The summed E-state index contributed by atoms with van der Waals surface area (Å²) in [6.45, 7) is 10.1. The van der Waals surface area contributed by atoms with Crippen molar-refractivity contribution in [2.24, 2.45) is 5.73 Å². The van der Waals surface area contributed by atoms with Gasteiger partial charge in [-0.1, -0.05) is 44.5 Å². The Morgan fingerprint density at radius 3 is 2.05 bits per heavy atom. The van der Waals surface area contributed by atoms with E-state index in [0.29, 0.717) is 18.0 Å². The number of piperidine rings is 1. The van der Waals surface area contributed by atoms with Crippen LogP contribution >= 0.6 is 0 Å². The molecule has 0 aliphatic carbocycles. The molecule has 1 aromatic carbocycles. The molecule has 1 aliphatic heterocycles. The quantitative estimate of drug-likeness (QED) is 0.896. The van der Waals surface area contributed by atoms with Crippen LogP contribution in [0.4, 0.5) is 0 Å². The monoisotopic (exact) mass is 274 g/mol. The molecule has 3 unspecified atom stereocenters. The minimum absolute atomic E-state index is 0.124. The Labute approximate surface area is 124 Å². The minimum Gasteiger partial charge on any atom is -0.323 e. The number of nitrogens with two attached hydrogens (primary N) is 1. The molecule has 0 radical (unpaired) electrons. The van der Waals surface area contributed by atoms with Crippen molar-refractivity contribution in [1.82, 2.24) is 4.90 Å². The summed E-state index contributed by atoms with van der Waals surface area (Å²) in [7, 11) is 0. The summed E-state index contributed by atoms with van der Waals surface area (Å²) in [5, 5.41) is 0. The first-order chi connectivity index (χ1) is 9.49. The van der Waals surface area contributed by atoms with Crippen LogP contribution in [0.25, 0.3) is 0 Å². The van der Waals surface area contributed by atoms with Gasteiger partial charge in [0.2, 0.25) is 0 Å². The van der Waals surface area contributed by atoms with Gasteiger partial charge < -0.3 is 5.73 Å². The molecular weight excluding hydrogens is 244 g/mol. The van der Waals surface area contributed by atoms with Crippen molar-refractivity contribution < 1.29 is 0 Å². The van der Waals surface area contributed by atoms with Crippen molar-refractivity contribution in [3.8, 4) is 0 Å². The van der Waals surface area contributed by atoms with Crippen LogP contribution in [0.15, 0.2) is 24.3 Å². The SMILES string of the molecule is CC(C)c1ccc(C(N)CN2C(C)CCCC2C)cc1. The Kier molecular flexibility index (Phi) is 5.22. The van der Waals surface area contributed by atoms with Gasteiger partial charge in [-0.15, -0.1) is 0 Å². The molecule has 1 aliphatic rings. The lowest BCUT2D eigenvalue weighted by Gasteiger charge is -2.40. The van der Waals surface area contributed by atoms with Crippen LogP contribution < -0.4 is 5.73 Å². The van der Waals surface area contributed by atoms with Crippen molar-refractivity contribution >= 4 is 0 Å². The van der Waals surface area contributed by atoms with Gasteiger partial charge in [0.1, 0.15) is 0 Å². The number of hydrogen-bond donors (Lipinski definition) is 1. The zero-order valence-corrected chi connectivity index (χ0v) is 13.5. The first-order valence-corrected chi connectivity index (χ1v) is 8.10. The van der Waals surface area contributed by atoms with Crippen molar-refractivity contribution in [3.63, 3.8) is 0 Å². The maximum absolute atomic E-state index is 6.43. The number of likely N-dealkylation sites (tertiary alicyclic amines) is 1. The van der Waals surface area contributed by atoms with Gasteiger partial charge in [0.25, 0.3) is 0 Å². The van der Waals surface area contributed by atoms with E-state index in [9.17, 15) is 0 Å². The second kappa shape index (κ2) is 6.73. The zero-order chi connectivity index (χ0) is 14.7. The first kappa shape index (κ1) is 15.5. The fourth-order valence-electron chi connectivity index (χ4n) is 3.30. The van der Waals surface area contributed by atoms with Crippen LogP contribution in [0.2, 0.25) is 0 Å². The fraction of sp³-hybridized carbons (Fsp3) is 0.667. The van der Waals surface area contributed by atoms with E-state index in [4.69, 9.17) is 5.73 Å². The molecule has 1 aromatic rings. The lowest BCUT2D eigenvalue weighted by molar-refractivity contribution is 0.0961. The van der Waals surface area contributed by atoms with Gasteiger partial charge in [0.15, 0.2) is 0 Å². The highest BCUT2D eigenvalue weighted by Gasteiger charge is 2.26. The summed E-state index contributed by atoms with van der Waals surface area (Å²) in [5.41, 5.74) is 9.09. The third-order valence-corrected chi connectivity index (χ3v) is 4.81. The maximum atomic E-state index is 6.43. The molecule has 3 atom stereocenters. The van der Waals surface area contributed by atoms with Crippen LogP contribution in [-0.2, 0) is 0 Å². The maximum Gasteiger partial charge on any atom is 0.0424 e. The predicted molar refractivity (Wildman–Crippen MR) is 86.9 cm³/mol. The Balaban J connectivity index is 2.01. The van der Waals surface area contributed by atoms with Gasteiger partial charge in [-0.2, -0.15) is 0 Å². The molecule has 0 spiro atoms. The van der Waals surface area contributed by atoms with Crippen molar-refractivity contribution in [2.75, 3.05) is 6.54 Å². The van der Waals surface area contributed by atoms with Crippen LogP contribution in [0, 0.1) is 0 Å². The lowest BCUT2D eigenvalue weighted by Crippen LogP contribution is -2.46. The van der Waals surface area contributed by atoms with E-state index in [0.717, 1.165) is 6.54 Å². The standard InChI is InChI=1S/C18H30N2/c1-13(2)16-8-10-17(11-9-16)18(19)12-20-14(3)6-5-7-15(20)4/h8-11,13-15,18H,5-7,12,19H2,1-4H3. The zero-order valence-electron chi connectivity index (χ0n) is 13.5. The number of rotatable bonds is 4. The summed E-state index contributed by atoms with van der Waals surface area (Å²) in [4.78, 5) is 2.59. The van der Waals surface area contributed by atoms with Gasteiger partial charge in [-0.25, -0.2) is 0 Å². The highest BCUT2D eigenvalue weighted by Crippen LogP contribution is 2.25. The molecule has 2 nitrogen and oxygen atoms in total. The van der Waals surface area contributed by atoms with Gasteiger partial charge in [0.05, 0.1) is 0 Å². The fourth-order valence-corrected chi connectivity index (χ4v) is 3.30. The van der Waals surface area contributed by atoms with E-state index >= 15 is 0 Å². The van der Waals surface area contributed by atoms with E-state index in [1.54, 1.807) is 0 Å². The average Bonchev–Trinajstić information content (AvgIpc) is 2.43. The van der Waals surface area contributed by atoms with Gasteiger partial charge in [-0.3, -0.25) is 4.90 Å². The second-order valence-corrected chi connectivity index (χ2v) is 6.75. The smallest absolute Gasteiger partial charge is 0.0424 e. The molecule has 1 saturated heterocycles. The van der Waals surface area contributed by atoms with Gasteiger partial charge in [0, 0.05) is 24.7 Å². The Morgan fingerprint density at radius 1 is 1.05 bits per heavy atom. The summed E-state index contributed by atoms with van der Waals surface area (Å²) in [6.07, 6.45) is 3.98. The molecule has 20 heavy (non-hydrogen) atoms. The molecular formula is C18H30N2. The van der Waals surface area contributed by atoms with Crippen molar-refractivity contribution in [2.45, 2.75) is 71.0 Å². The number of benzene rings is 1. The molecule has 2 rings (SSSR count). The van der Waals surface area contributed by atoms with E-state index in [1.807, 2.05) is 0 Å². The largest absolute Gasteiger partial charge is 0.323 e. The lowest BCUT2D eigenvalue weighted by atomic mass is 9.95. The van der Waals surface area contributed by atoms with Crippen LogP contribution in [0.3, 0.4) is 0 Å². The number of nitrogens with zero attached hydrogens (tertiary/aromatic N) is 1. The number of hydrogen-bond acceptors (Lipinski definition) is 2. The van der Waals surface area contributed by atoms with Crippen LogP contribution in [-0.4, -0.2) is 23.5 Å². The molecule has 0 amide bonds. The van der Waals surface area contributed by atoms with E-state index in [-0.39, 0.29) is 6.04 Å². The topological polar surface area (TPSA) is 29.3 Å². The van der Waals surface area contributed by atoms with Gasteiger partial charge in [-0.05, 0) is 43.7 Å².